The van der Waals surface area contributed by atoms with E-state index in [1.165, 1.54) is 5.56 Å². The van der Waals surface area contributed by atoms with Crippen LogP contribution in [0, 0.1) is 0 Å². The molecule has 126 valence electrons. The number of ether oxygens (including phenoxy) is 2. The van der Waals surface area contributed by atoms with Crippen LogP contribution in [-0.2, 0) is 14.3 Å². The maximum Gasteiger partial charge on any atom is 0.239 e. The van der Waals surface area contributed by atoms with Crippen LogP contribution in [0.15, 0.2) is 30.3 Å². The first kappa shape index (κ1) is 16.4. The van der Waals surface area contributed by atoms with Crippen molar-refractivity contribution in [2.75, 3.05) is 52.6 Å². The molecule has 2 aliphatic rings. The van der Waals surface area contributed by atoms with Gasteiger partial charge >= 0.3 is 0 Å². The summed E-state index contributed by atoms with van der Waals surface area (Å²) in [5, 5.41) is 6.28. The summed E-state index contributed by atoms with van der Waals surface area (Å²) in [6, 6.07) is 10.3. The van der Waals surface area contributed by atoms with E-state index in [1.807, 2.05) is 18.2 Å². The third kappa shape index (κ3) is 4.51. The van der Waals surface area contributed by atoms with Gasteiger partial charge in [-0.15, -0.1) is 0 Å². The monoisotopic (exact) mass is 319 g/mol. The average Bonchev–Trinajstić information content (AvgIpc) is 2.64. The molecule has 0 aliphatic carbocycles. The standard InChI is InChI=1S/C17H25N3O3/c21-17(15-13-23-9-6-18-15)19-12-16(14-4-2-1-3-5-14)20-7-10-22-11-8-20/h1-5,15-16,18H,6-13H2,(H,19,21). The Bertz CT molecular complexity index is 485. The highest BCUT2D eigenvalue weighted by atomic mass is 16.5. The molecule has 0 aromatic heterocycles. The van der Waals surface area contributed by atoms with Crippen molar-refractivity contribution < 1.29 is 14.3 Å². The second kappa shape index (κ2) is 8.40. The largest absolute Gasteiger partial charge is 0.379 e. The third-order valence-corrected chi connectivity index (χ3v) is 4.38. The first-order chi connectivity index (χ1) is 11.3. The van der Waals surface area contributed by atoms with E-state index in [2.05, 4.69) is 27.7 Å². The second-order valence-corrected chi connectivity index (χ2v) is 5.90. The van der Waals surface area contributed by atoms with Gasteiger partial charge in [-0.1, -0.05) is 30.3 Å². The molecule has 1 aromatic rings. The molecular formula is C17H25N3O3. The van der Waals surface area contributed by atoms with E-state index in [9.17, 15) is 4.79 Å². The van der Waals surface area contributed by atoms with Gasteiger partial charge in [-0.3, -0.25) is 9.69 Å². The molecule has 2 N–H and O–H groups in total. The van der Waals surface area contributed by atoms with E-state index in [0.29, 0.717) is 19.8 Å². The van der Waals surface area contributed by atoms with Gasteiger partial charge in [0.15, 0.2) is 0 Å². The lowest BCUT2D eigenvalue weighted by Crippen LogP contribution is -2.53. The van der Waals surface area contributed by atoms with Crippen LogP contribution in [0.2, 0.25) is 0 Å². The Balaban J connectivity index is 1.62. The minimum absolute atomic E-state index is 0.0129. The molecule has 23 heavy (non-hydrogen) atoms. The molecule has 0 saturated carbocycles. The van der Waals surface area contributed by atoms with Crippen LogP contribution in [0.1, 0.15) is 11.6 Å². The fourth-order valence-electron chi connectivity index (χ4n) is 3.08. The Labute approximate surface area is 137 Å². The Kier molecular flexibility index (Phi) is 5.99. The van der Waals surface area contributed by atoms with Crippen molar-refractivity contribution in [2.45, 2.75) is 12.1 Å². The second-order valence-electron chi connectivity index (χ2n) is 5.90. The van der Waals surface area contributed by atoms with Gasteiger partial charge in [0.1, 0.15) is 6.04 Å². The van der Waals surface area contributed by atoms with Gasteiger partial charge < -0.3 is 20.1 Å². The first-order valence-electron chi connectivity index (χ1n) is 8.30. The van der Waals surface area contributed by atoms with Gasteiger partial charge in [-0.2, -0.15) is 0 Å². The molecule has 2 atom stereocenters. The number of carbonyl (C=O) groups is 1. The van der Waals surface area contributed by atoms with Gasteiger partial charge in [0.05, 0.1) is 32.5 Å². The average molecular weight is 319 g/mol. The summed E-state index contributed by atoms with van der Waals surface area (Å²) in [5.74, 6) is 0.0129. The van der Waals surface area contributed by atoms with Crippen molar-refractivity contribution in [3.8, 4) is 0 Å². The van der Waals surface area contributed by atoms with Crippen LogP contribution < -0.4 is 10.6 Å². The van der Waals surface area contributed by atoms with E-state index in [1.54, 1.807) is 0 Å². The maximum absolute atomic E-state index is 12.3. The predicted octanol–water partition coefficient (Wildman–Crippen LogP) is 0.165. The number of rotatable bonds is 5. The number of amides is 1. The van der Waals surface area contributed by atoms with Gasteiger partial charge in [-0.25, -0.2) is 0 Å². The summed E-state index contributed by atoms with van der Waals surface area (Å²) in [4.78, 5) is 14.7. The van der Waals surface area contributed by atoms with Crippen LogP contribution in [0.25, 0.3) is 0 Å². The lowest BCUT2D eigenvalue weighted by molar-refractivity contribution is -0.126. The number of benzene rings is 1. The Hall–Kier alpha value is -1.47. The van der Waals surface area contributed by atoms with Crippen molar-refractivity contribution >= 4 is 5.91 Å². The van der Waals surface area contributed by atoms with Gasteiger partial charge in [0.25, 0.3) is 0 Å². The van der Waals surface area contributed by atoms with Crippen LogP contribution in [-0.4, -0.2) is 69.5 Å². The normalized spacial score (nSPS) is 24.1. The van der Waals surface area contributed by atoms with Crippen molar-refractivity contribution in [2.24, 2.45) is 0 Å². The molecule has 6 heteroatoms. The zero-order valence-corrected chi connectivity index (χ0v) is 13.4. The van der Waals surface area contributed by atoms with Gasteiger partial charge in [0.2, 0.25) is 5.91 Å². The topological polar surface area (TPSA) is 62.8 Å². The molecule has 0 spiro atoms. The Morgan fingerprint density at radius 1 is 1.22 bits per heavy atom. The lowest BCUT2D eigenvalue weighted by Gasteiger charge is -2.35. The van der Waals surface area contributed by atoms with Crippen molar-refractivity contribution in [3.63, 3.8) is 0 Å². The molecule has 2 saturated heterocycles. The van der Waals surface area contributed by atoms with Gasteiger partial charge in [0, 0.05) is 26.2 Å². The summed E-state index contributed by atoms with van der Waals surface area (Å²) in [6.07, 6.45) is 0. The molecule has 3 rings (SSSR count). The van der Waals surface area contributed by atoms with Crippen LogP contribution in [0.5, 0.6) is 0 Å². The van der Waals surface area contributed by atoms with E-state index in [4.69, 9.17) is 9.47 Å². The fraction of sp³-hybridized carbons (Fsp3) is 0.588. The van der Waals surface area contributed by atoms with E-state index in [0.717, 1.165) is 32.8 Å². The smallest absolute Gasteiger partial charge is 0.239 e. The SMILES string of the molecule is O=C(NCC(c1ccccc1)N1CCOCC1)C1COCCN1. The summed E-state index contributed by atoms with van der Waals surface area (Å²) in [5.41, 5.74) is 1.22. The number of nitrogens with one attached hydrogen (secondary N) is 2. The van der Waals surface area contributed by atoms with Crippen LogP contribution in [0.4, 0.5) is 0 Å². The summed E-state index contributed by atoms with van der Waals surface area (Å²) >= 11 is 0. The summed E-state index contributed by atoms with van der Waals surface area (Å²) < 4.78 is 10.8. The highest BCUT2D eigenvalue weighted by Gasteiger charge is 2.25. The molecule has 2 aliphatic heterocycles. The van der Waals surface area contributed by atoms with Crippen molar-refractivity contribution in [1.29, 1.82) is 0 Å². The number of hydrogen-bond donors (Lipinski definition) is 2. The zero-order chi connectivity index (χ0) is 15.9. The number of morpholine rings is 2. The van der Waals surface area contributed by atoms with Crippen molar-refractivity contribution in [1.82, 2.24) is 15.5 Å². The minimum Gasteiger partial charge on any atom is -0.379 e. The molecule has 2 heterocycles. The van der Waals surface area contributed by atoms with Crippen LogP contribution in [0.3, 0.4) is 0 Å². The molecular weight excluding hydrogens is 294 g/mol. The molecule has 1 aromatic carbocycles. The summed E-state index contributed by atoms with van der Waals surface area (Å²) in [6.45, 7) is 5.71. The maximum atomic E-state index is 12.3. The number of nitrogens with zero attached hydrogens (tertiary/aromatic N) is 1. The highest BCUT2D eigenvalue weighted by Crippen LogP contribution is 2.21. The van der Waals surface area contributed by atoms with E-state index < -0.39 is 0 Å². The third-order valence-electron chi connectivity index (χ3n) is 4.38. The minimum atomic E-state index is -0.245. The molecule has 0 bridgehead atoms. The van der Waals surface area contributed by atoms with Gasteiger partial charge in [-0.05, 0) is 5.56 Å². The molecule has 6 nitrogen and oxygen atoms in total. The van der Waals surface area contributed by atoms with Crippen molar-refractivity contribution in [3.05, 3.63) is 35.9 Å². The first-order valence-corrected chi connectivity index (χ1v) is 8.30. The number of carbonyl (C=O) groups excluding carboxylic acids is 1. The molecule has 2 unspecified atom stereocenters. The Morgan fingerprint density at radius 3 is 2.70 bits per heavy atom. The van der Waals surface area contributed by atoms with Crippen LogP contribution >= 0.6 is 0 Å². The molecule has 0 radical (unpaired) electrons. The van der Waals surface area contributed by atoms with E-state index in [-0.39, 0.29) is 18.0 Å². The number of hydrogen-bond acceptors (Lipinski definition) is 5. The lowest BCUT2D eigenvalue weighted by atomic mass is 10.0. The summed E-state index contributed by atoms with van der Waals surface area (Å²) in [7, 11) is 0. The molecule has 1 amide bonds. The highest BCUT2D eigenvalue weighted by molar-refractivity contribution is 5.82. The van der Waals surface area contributed by atoms with E-state index >= 15 is 0 Å². The quantitative estimate of drug-likeness (QED) is 0.810. The molecule has 2 fully saturated rings. The Morgan fingerprint density at radius 2 is 2.00 bits per heavy atom. The zero-order valence-electron chi connectivity index (χ0n) is 13.4. The fourth-order valence-corrected chi connectivity index (χ4v) is 3.08. The predicted molar refractivity (Wildman–Crippen MR) is 87.2 cm³/mol.